The van der Waals surface area contributed by atoms with Gasteiger partial charge < -0.3 is 0 Å². The van der Waals surface area contributed by atoms with Crippen LogP contribution in [-0.4, -0.2) is 16.2 Å². The lowest BCUT2D eigenvalue weighted by Crippen LogP contribution is -2.42. The third-order valence-electron chi connectivity index (χ3n) is 3.13. The highest BCUT2D eigenvalue weighted by Gasteiger charge is 2.21. The molecule has 10 nitrogen and oxygen atoms in total. The molecule has 23 heavy (non-hydrogen) atoms. The van der Waals surface area contributed by atoms with Crippen molar-refractivity contribution in [3.05, 3.63) is 68.8 Å². The van der Waals surface area contributed by atoms with Crippen LogP contribution >= 0.6 is 0 Å². The van der Waals surface area contributed by atoms with Gasteiger partial charge in [0.25, 0.3) is 11.4 Å². The van der Waals surface area contributed by atoms with Crippen LogP contribution in [0.4, 0.5) is 22.7 Å². The Balaban J connectivity index is 1.85. The van der Waals surface area contributed by atoms with Gasteiger partial charge in [-0.3, -0.25) is 25.7 Å². The molecular weight excluding hydrogens is 304 g/mol. The number of nitrogens with zero attached hydrogens (tertiary/aromatic N) is 5. The molecule has 2 aromatic carbocycles. The Morgan fingerprint density at radius 2 is 1.30 bits per heavy atom. The molecule has 0 amide bonds. The molecule has 0 radical (unpaired) electrons. The molecule has 1 N–H and O–H groups in total. The van der Waals surface area contributed by atoms with Crippen molar-refractivity contribution in [2.75, 3.05) is 10.2 Å². The molecule has 0 atom stereocenters. The summed E-state index contributed by atoms with van der Waals surface area (Å²) >= 11 is 0. The quantitative estimate of drug-likeness (QED) is 0.679. The van der Waals surface area contributed by atoms with E-state index >= 15 is 0 Å². The fraction of sp³-hybridized carbons (Fsp3) is 0. The second-order valence-corrected chi connectivity index (χ2v) is 4.52. The first kappa shape index (κ1) is 14.3. The lowest BCUT2D eigenvalue weighted by Gasteiger charge is -2.27. The fourth-order valence-corrected chi connectivity index (χ4v) is 2.03. The monoisotopic (exact) mass is 314 g/mol. The number of nitro benzene ring substituents is 2. The molecule has 0 aliphatic carbocycles. The fourth-order valence-electron chi connectivity index (χ4n) is 2.03. The van der Waals surface area contributed by atoms with Crippen LogP contribution in [0.15, 0.2) is 53.6 Å². The van der Waals surface area contributed by atoms with Gasteiger partial charge in [-0.15, -0.1) is 5.10 Å². The first-order valence-electron chi connectivity index (χ1n) is 6.44. The predicted molar refractivity (Wildman–Crippen MR) is 82.8 cm³/mol. The zero-order valence-electron chi connectivity index (χ0n) is 11.6. The van der Waals surface area contributed by atoms with E-state index in [1.807, 2.05) is 0 Å². The molecule has 0 aromatic heterocycles. The van der Waals surface area contributed by atoms with Crippen LogP contribution in [-0.2, 0) is 0 Å². The first-order chi connectivity index (χ1) is 11.1. The van der Waals surface area contributed by atoms with E-state index in [1.165, 1.54) is 35.7 Å². The predicted octanol–water partition coefficient (Wildman–Crippen LogP) is 2.19. The van der Waals surface area contributed by atoms with Gasteiger partial charge in [-0.1, -0.05) is 0 Å². The van der Waals surface area contributed by atoms with Crippen molar-refractivity contribution in [1.29, 1.82) is 0 Å². The molecule has 0 bridgehead atoms. The van der Waals surface area contributed by atoms with Crippen LogP contribution in [0, 0.1) is 20.2 Å². The number of benzene rings is 2. The summed E-state index contributed by atoms with van der Waals surface area (Å²) in [5, 5.41) is 28.5. The molecule has 1 aliphatic heterocycles. The minimum absolute atomic E-state index is 0.0178. The van der Waals surface area contributed by atoms with E-state index in [-0.39, 0.29) is 11.4 Å². The van der Waals surface area contributed by atoms with Crippen molar-refractivity contribution in [1.82, 2.24) is 5.43 Å². The molecule has 0 saturated carbocycles. The lowest BCUT2D eigenvalue weighted by atomic mass is 10.3. The number of anilines is 2. The molecule has 0 fully saturated rings. The van der Waals surface area contributed by atoms with Gasteiger partial charge >= 0.3 is 0 Å². The maximum Gasteiger partial charge on any atom is 0.269 e. The lowest BCUT2D eigenvalue weighted by molar-refractivity contribution is -0.385. The van der Waals surface area contributed by atoms with Crippen LogP contribution in [0.3, 0.4) is 0 Å². The topological polar surface area (TPSA) is 117 Å². The average molecular weight is 314 g/mol. The number of nitro groups is 2. The minimum Gasteiger partial charge on any atom is -0.265 e. The third-order valence-corrected chi connectivity index (χ3v) is 3.13. The molecule has 0 unspecified atom stereocenters. The molecule has 0 saturated heterocycles. The van der Waals surface area contributed by atoms with Gasteiger partial charge in [0.1, 0.15) is 6.34 Å². The average Bonchev–Trinajstić information content (AvgIpc) is 3.04. The van der Waals surface area contributed by atoms with Crippen LogP contribution in [0.25, 0.3) is 0 Å². The summed E-state index contributed by atoms with van der Waals surface area (Å²) in [6, 6.07) is 11.7. The van der Waals surface area contributed by atoms with Crippen LogP contribution in [0.1, 0.15) is 0 Å². The summed E-state index contributed by atoms with van der Waals surface area (Å²) in [5.41, 5.74) is 4.04. The Hall–Kier alpha value is -3.69. The van der Waals surface area contributed by atoms with E-state index in [4.69, 9.17) is 0 Å². The van der Waals surface area contributed by atoms with E-state index in [0.717, 1.165) is 0 Å². The number of hydrazone groups is 1. The smallest absolute Gasteiger partial charge is 0.265 e. The molecule has 1 aliphatic rings. The van der Waals surface area contributed by atoms with Gasteiger partial charge in [-0.2, -0.15) is 10.2 Å². The molecule has 1 heterocycles. The number of non-ortho nitro benzene ring substituents is 2. The number of hydrazine groups is 2. The van der Waals surface area contributed by atoms with Crippen LogP contribution < -0.4 is 15.7 Å². The van der Waals surface area contributed by atoms with E-state index in [2.05, 4.69) is 10.5 Å². The van der Waals surface area contributed by atoms with Gasteiger partial charge in [0.15, 0.2) is 0 Å². The number of hydrogen-bond donors (Lipinski definition) is 1. The van der Waals surface area contributed by atoms with Crippen LogP contribution in [0.5, 0.6) is 0 Å². The SMILES string of the molecule is O=[N+]([O-])c1ccc(N2N=CNN2c2ccc([N+](=O)[O-])cc2)cc1. The van der Waals surface area contributed by atoms with E-state index < -0.39 is 9.85 Å². The minimum atomic E-state index is -0.483. The Kier molecular flexibility index (Phi) is 3.47. The summed E-state index contributed by atoms with van der Waals surface area (Å²) in [6.07, 6.45) is 1.43. The van der Waals surface area contributed by atoms with E-state index in [9.17, 15) is 20.2 Å². The van der Waals surface area contributed by atoms with Crippen molar-refractivity contribution in [3.63, 3.8) is 0 Å². The first-order valence-corrected chi connectivity index (χ1v) is 6.44. The summed E-state index contributed by atoms with van der Waals surface area (Å²) in [4.78, 5) is 20.4. The molecule has 3 rings (SSSR count). The van der Waals surface area contributed by atoms with Crippen molar-refractivity contribution in [2.24, 2.45) is 5.10 Å². The largest absolute Gasteiger partial charge is 0.269 e. The van der Waals surface area contributed by atoms with Crippen LogP contribution in [0.2, 0.25) is 0 Å². The van der Waals surface area contributed by atoms with Crippen molar-refractivity contribution in [3.8, 4) is 0 Å². The van der Waals surface area contributed by atoms with Gasteiger partial charge in [-0.05, 0) is 24.3 Å². The van der Waals surface area contributed by atoms with Crippen molar-refractivity contribution < 1.29 is 9.85 Å². The summed E-state index contributed by atoms with van der Waals surface area (Å²) in [6.45, 7) is 0. The Labute approximate surface area is 129 Å². The highest BCUT2D eigenvalue weighted by Crippen LogP contribution is 2.26. The molecule has 116 valence electrons. The summed E-state index contributed by atoms with van der Waals surface area (Å²) < 4.78 is 0. The molecule has 10 heteroatoms. The van der Waals surface area contributed by atoms with E-state index in [0.29, 0.717) is 11.4 Å². The molecule has 0 spiro atoms. The van der Waals surface area contributed by atoms with Gasteiger partial charge in [0.05, 0.1) is 21.2 Å². The number of nitrogens with one attached hydrogen (secondary N) is 1. The maximum atomic E-state index is 10.7. The third kappa shape index (κ3) is 2.72. The van der Waals surface area contributed by atoms with Gasteiger partial charge in [-0.25, -0.2) is 0 Å². The van der Waals surface area contributed by atoms with Crippen molar-refractivity contribution in [2.45, 2.75) is 0 Å². The molecular formula is C13H10N6O4. The summed E-state index contributed by atoms with van der Waals surface area (Å²) in [7, 11) is 0. The highest BCUT2D eigenvalue weighted by molar-refractivity contribution is 5.71. The number of hydrogen-bond acceptors (Lipinski definition) is 8. The zero-order chi connectivity index (χ0) is 16.4. The number of rotatable bonds is 4. The highest BCUT2D eigenvalue weighted by atomic mass is 16.6. The summed E-state index contributed by atoms with van der Waals surface area (Å²) in [5.74, 6) is 0. The zero-order valence-corrected chi connectivity index (χ0v) is 11.6. The normalized spacial score (nSPS) is 13.0. The Bertz CT molecular complexity index is 774. The van der Waals surface area contributed by atoms with Crippen molar-refractivity contribution >= 4 is 29.1 Å². The molecule has 2 aromatic rings. The Morgan fingerprint density at radius 1 is 0.826 bits per heavy atom. The Morgan fingerprint density at radius 3 is 1.78 bits per heavy atom. The second kappa shape index (κ2) is 5.60. The van der Waals surface area contributed by atoms with Gasteiger partial charge in [0.2, 0.25) is 0 Å². The van der Waals surface area contributed by atoms with Gasteiger partial charge in [0, 0.05) is 24.3 Å². The standard InChI is InChI=1S/C13H10N6O4/c20-18(21)12-5-1-10(2-6-12)16-14-9-15-17(16)11-3-7-13(8-4-11)19(22)23/h1-9H,(H,14,15). The second-order valence-electron chi connectivity index (χ2n) is 4.52. The van der Waals surface area contributed by atoms with E-state index in [1.54, 1.807) is 29.4 Å². The maximum absolute atomic E-state index is 10.7.